The van der Waals surface area contributed by atoms with E-state index in [2.05, 4.69) is 87.6 Å². The lowest BCUT2D eigenvalue weighted by atomic mass is 10.0. The van der Waals surface area contributed by atoms with Crippen molar-refractivity contribution in [2.24, 2.45) is 0 Å². The summed E-state index contributed by atoms with van der Waals surface area (Å²) < 4.78 is 16.9. The van der Waals surface area contributed by atoms with Crippen LogP contribution in [0.25, 0.3) is 0 Å². The fourth-order valence-corrected chi connectivity index (χ4v) is 10.1. The number of hydrogen-bond donors (Lipinski definition) is 0. The van der Waals surface area contributed by atoms with Gasteiger partial charge in [0.1, 0.15) is 13.2 Å². The van der Waals surface area contributed by atoms with Gasteiger partial charge in [-0.05, 0) is 57.8 Å². The molecule has 0 radical (unpaired) electrons. The maximum atomic E-state index is 12.9. The van der Waals surface area contributed by atoms with E-state index >= 15 is 0 Å². The molecular formula is C73H130O6. The number of allylic oxidation sites excluding steroid dienone is 12. The molecule has 0 aliphatic rings. The van der Waals surface area contributed by atoms with Gasteiger partial charge in [0.2, 0.25) is 0 Å². The molecule has 1 atom stereocenters. The van der Waals surface area contributed by atoms with Crippen LogP contribution in [0.2, 0.25) is 0 Å². The highest BCUT2D eigenvalue weighted by molar-refractivity contribution is 5.71. The lowest BCUT2D eigenvalue weighted by molar-refractivity contribution is -0.166. The molecule has 0 bridgehead atoms. The largest absolute Gasteiger partial charge is 0.462 e. The van der Waals surface area contributed by atoms with Crippen molar-refractivity contribution >= 4 is 17.9 Å². The van der Waals surface area contributed by atoms with Gasteiger partial charge in [-0.15, -0.1) is 0 Å². The van der Waals surface area contributed by atoms with E-state index in [-0.39, 0.29) is 37.5 Å². The summed E-state index contributed by atoms with van der Waals surface area (Å²) in [4.78, 5) is 38.3. The number of esters is 3. The predicted molar refractivity (Wildman–Crippen MR) is 344 cm³/mol. The normalized spacial score (nSPS) is 12.5. The molecule has 0 N–H and O–H groups in total. The third-order valence-electron chi connectivity index (χ3n) is 15.2. The summed E-state index contributed by atoms with van der Waals surface area (Å²) >= 11 is 0. The molecule has 0 saturated heterocycles. The molecule has 0 aliphatic heterocycles. The van der Waals surface area contributed by atoms with Crippen molar-refractivity contribution in [1.82, 2.24) is 0 Å². The molecule has 0 aromatic heterocycles. The Kier molecular flexibility index (Phi) is 64.7. The first-order valence-corrected chi connectivity index (χ1v) is 34.4. The van der Waals surface area contributed by atoms with Gasteiger partial charge in [-0.3, -0.25) is 14.4 Å². The molecule has 6 heteroatoms. The standard InChI is InChI=1S/C73H130O6/c1-4-7-10-13-16-19-22-25-28-30-32-33-34-35-36-37-38-39-41-42-45-48-51-54-57-60-63-66-72(75)78-69-70(68-77-71(74)65-62-59-56-53-50-47-44-27-24-21-18-15-12-9-6-3)79-73(76)67-64-61-58-55-52-49-46-43-40-31-29-26-23-20-17-14-11-8-5-2/h8,11,17,20,26,29,40,43,49,52,58,61,70H,4-7,9-10,12-16,18-19,21-25,27-28,30-39,41-42,44-48,50-51,53-57,59-60,62-69H2,1-3H3/b11-8-,20-17-,29-26-,43-40-,52-49-,61-58-. The van der Waals surface area contributed by atoms with Crippen LogP contribution in [0.3, 0.4) is 0 Å². The zero-order valence-electron chi connectivity index (χ0n) is 52.6. The molecule has 0 spiro atoms. The molecule has 0 amide bonds. The molecule has 0 aromatic rings. The predicted octanol–water partition coefficient (Wildman–Crippen LogP) is 23.7. The number of ether oxygens (including phenoxy) is 3. The van der Waals surface area contributed by atoms with Crippen molar-refractivity contribution in [1.29, 1.82) is 0 Å². The van der Waals surface area contributed by atoms with Gasteiger partial charge in [-0.1, -0.05) is 351 Å². The van der Waals surface area contributed by atoms with Crippen molar-refractivity contribution in [2.45, 2.75) is 361 Å². The van der Waals surface area contributed by atoms with Crippen LogP contribution in [-0.2, 0) is 28.6 Å². The van der Waals surface area contributed by atoms with Crippen LogP contribution in [0.1, 0.15) is 355 Å². The third-order valence-corrected chi connectivity index (χ3v) is 15.2. The Balaban J connectivity index is 4.32. The smallest absolute Gasteiger partial charge is 0.306 e. The second-order valence-corrected chi connectivity index (χ2v) is 23.1. The van der Waals surface area contributed by atoms with Crippen LogP contribution in [0.5, 0.6) is 0 Å². The fourth-order valence-electron chi connectivity index (χ4n) is 10.1. The van der Waals surface area contributed by atoms with Crippen LogP contribution in [0.4, 0.5) is 0 Å². The van der Waals surface area contributed by atoms with E-state index in [1.807, 2.05) is 6.08 Å². The topological polar surface area (TPSA) is 78.9 Å². The van der Waals surface area contributed by atoms with Crippen LogP contribution >= 0.6 is 0 Å². The molecule has 458 valence electrons. The minimum absolute atomic E-state index is 0.101. The van der Waals surface area contributed by atoms with Crippen LogP contribution < -0.4 is 0 Å². The summed E-state index contributed by atoms with van der Waals surface area (Å²) in [6, 6.07) is 0. The van der Waals surface area contributed by atoms with Gasteiger partial charge in [0, 0.05) is 19.3 Å². The number of carbonyl (C=O) groups excluding carboxylic acids is 3. The van der Waals surface area contributed by atoms with E-state index in [4.69, 9.17) is 14.2 Å². The van der Waals surface area contributed by atoms with Gasteiger partial charge in [0.25, 0.3) is 0 Å². The quantitative estimate of drug-likeness (QED) is 0.0261. The zero-order valence-corrected chi connectivity index (χ0v) is 52.6. The molecular weight excluding hydrogens is 973 g/mol. The Hall–Kier alpha value is -3.15. The van der Waals surface area contributed by atoms with Gasteiger partial charge in [-0.2, -0.15) is 0 Å². The maximum absolute atomic E-state index is 12.9. The lowest BCUT2D eigenvalue weighted by Crippen LogP contribution is -2.30. The Morgan fingerprint density at radius 2 is 0.494 bits per heavy atom. The second-order valence-electron chi connectivity index (χ2n) is 23.1. The van der Waals surface area contributed by atoms with Crippen molar-refractivity contribution in [3.05, 3.63) is 72.9 Å². The number of unbranched alkanes of at least 4 members (excludes halogenated alkanes) is 40. The monoisotopic (exact) mass is 1100 g/mol. The minimum Gasteiger partial charge on any atom is -0.462 e. The molecule has 0 aromatic carbocycles. The van der Waals surface area contributed by atoms with Crippen LogP contribution in [0.15, 0.2) is 72.9 Å². The molecule has 0 heterocycles. The van der Waals surface area contributed by atoms with Gasteiger partial charge in [0.15, 0.2) is 6.10 Å². The van der Waals surface area contributed by atoms with Gasteiger partial charge >= 0.3 is 17.9 Å². The van der Waals surface area contributed by atoms with Crippen molar-refractivity contribution in [3.8, 4) is 0 Å². The maximum Gasteiger partial charge on any atom is 0.306 e. The Bertz CT molecular complexity index is 1450. The molecule has 0 fully saturated rings. The third kappa shape index (κ3) is 65.5. The molecule has 1 unspecified atom stereocenters. The van der Waals surface area contributed by atoms with E-state index in [0.717, 1.165) is 77.0 Å². The highest BCUT2D eigenvalue weighted by Crippen LogP contribution is 2.18. The summed E-state index contributed by atoms with van der Waals surface area (Å²) in [7, 11) is 0. The molecule has 79 heavy (non-hydrogen) atoms. The van der Waals surface area contributed by atoms with Crippen LogP contribution in [0, 0.1) is 0 Å². The summed E-state index contributed by atoms with van der Waals surface area (Å²) in [6.07, 6.45) is 88.0. The molecule has 0 saturated carbocycles. The molecule has 0 rings (SSSR count). The zero-order chi connectivity index (χ0) is 57.1. The van der Waals surface area contributed by atoms with E-state index < -0.39 is 6.10 Å². The van der Waals surface area contributed by atoms with Crippen molar-refractivity contribution in [3.63, 3.8) is 0 Å². The van der Waals surface area contributed by atoms with Gasteiger partial charge < -0.3 is 14.2 Å². The number of rotatable bonds is 63. The van der Waals surface area contributed by atoms with E-state index in [1.165, 1.54) is 231 Å². The average molecular weight is 1100 g/mol. The first-order chi connectivity index (χ1) is 39.0. The highest BCUT2D eigenvalue weighted by Gasteiger charge is 2.19. The first kappa shape index (κ1) is 75.8. The highest BCUT2D eigenvalue weighted by atomic mass is 16.6. The van der Waals surface area contributed by atoms with Crippen LogP contribution in [-0.4, -0.2) is 37.2 Å². The summed E-state index contributed by atoms with van der Waals surface area (Å²) in [5, 5.41) is 0. The molecule has 0 aliphatic carbocycles. The average Bonchev–Trinajstić information content (AvgIpc) is 3.45. The Labute approximate surface area is 491 Å². The van der Waals surface area contributed by atoms with Crippen molar-refractivity contribution < 1.29 is 28.6 Å². The summed E-state index contributed by atoms with van der Waals surface area (Å²) in [6.45, 7) is 6.52. The first-order valence-electron chi connectivity index (χ1n) is 34.4. The number of hydrogen-bond acceptors (Lipinski definition) is 6. The lowest BCUT2D eigenvalue weighted by Gasteiger charge is -2.18. The van der Waals surface area contributed by atoms with E-state index in [1.54, 1.807) is 0 Å². The summed E-state index contributed by atoms with van der Waals surface area (Å²) in [5.41, 5.74) is 0. The molecule has 6 nitrogen and oxygen atoms in total. The minimum atomic E-state index is -0.814. The van der Waals surface area contributed by atoms with E-state index in [0.29, 0.717) is 19.3 Å². The van der Waals surface area contributed by atoms with E-state index in [9.17, 15) is 14.4 Å². The fraction of sp³-hybridized carbons (Fsp3) is 0.795. The number of carbonyl (C=O) groups is 3. The second kappa shape index (κ2) is 67.4. The summed E-state index contributed by atoms with van der Waals surface area (Å²) in [5.74, 6) is -0.965. The van der Waals surface area contributed by atoms with Gasteiger partial charge in [0.05, 0.1) is 0 Å². The Morgan fingerprint density at radius 3 is 0.747 bits per heavy atom. The SMILES string of the molecule is CC/C=C\C/C=C\C/C=C\C/C=C\C/C=C\C/C=C\CCC(=O)OC(COC(=O)CCCCCCCCCCCCCCCCC)COC(=O)CCCCCCCCCCCCCCCCCCCCCCCCCCCCC. The Morgan fingerprint density at radius 1 is 0.266 bits per heavy atom. The van der Waals surface area contributed by atoms with Gasteiger partial charge in [-0.25, -0.2) is 0 Å². The van der Waals surface area contributed by atoms with Crippen molar-refractivity contribution in [2.75, 3.05) is 13.2 Å².